The van der Waals surface area contributed by atoms with E-state index in [4.69, 9.17) is 9.47 Å². The average molecular weight is 328 g/mol. The van der Waals surface area contributed by atoms with E-state index < -0.39 is 10.0 Å². The lowest BCUT2D eigenvalue weighted by atomic mass is 10.3. The zero-order valence-electron chi connectivity index (χ0n) is 12.5. The molecule has 2 aliphatic heterocycles. The van der Waals surface area contributed by atoms with Crippen molar-refractivity contribution < 1.29 is 17.9 Å². The molecule has 122 valence electrons. The summed E-state index contributed by atoms with van der Waals surface area (Å²) in [4.78, 5) is 10.7. The Bertz CT molecular complexity index is 618. The van der Waals surface area contributed by atoms with Gasteiger partial charge in [-0.1, -0.05) is 0 Å². The second-order valence-corrected chi connectivity index (χ2v) is 7.42. The van der Waals surface area contributed by atoms with Gasteiger partial charge in [-0.2, -0.15) is 4.31 Å². The first kappa shape index (κ1) is 15.4. The van der Waals surface area contributed by atoms with E-state index in [0.717, 1.165) is 13.1 Å². The molecule has 3 heterocycles. The van der Waals surface area contributed by atoms with Gasteiger partial charge < -0.3 is 14.4 Å². The Morgan fingerprint density at radius 2 is 1.95 bits per heavy atom. The lowest BCUT2D eigenvalue weighted by Crippen LogP contribution is -2.37. The minimum atomic E-state index is -3.17. The molecular formula is C13H20N4O4S. The Hall–Kier alpha value is -1.45. The summed E-state index contributed by atoms with van der Waals surface area (Å²) in [7, 11) is -3.17. The molecule has 9 heteroatoms. The molecule has 0 saturated carbocycles. The van der Waals surface area contributed by atoms with Crippen molar-refractivity contribution in [2.45, 2.75) is 12.5 Å². The Balaban J connectivity index is 1.71. The summed E-state index contributed by atoms with van der Waals surface area (Å²) in [5.74, 6) is 1.16. The van der Waals surface area contributed by atoms with Crippen LogP contribution in [0.5, 0.6) is 5.88 Å². The van der Waals surface area contributed by atoms with Crippen LogP contribution in [0.2, 0.25) is 0 Å². The van der Waals surface area contributed by atoms with Gasteiger partial charge in [0.15, 0.2) is 5.82 Å². The fraction of sp³-hybridized carbons (Fsp3) is 0.692. The predicted molar refractivity (Wildman–Crippen MR) is 80.5 cm³/mol. The number of rotatable bonds is 4. The summed E-state index contributed by atoms with van der Waals surface area (Å²) >= 11 is 0. The average Bonchev–Trinajstić information content (AvgIpc) is 2.97. The van der Waals surface area contributed by atoms with Crippen molar-refractivity contribution in [2.24, 2.45) is 0 Å². The molecule has 22 heavy (non-hydrogen) atoms. The molecule has 0 aliphatic carbocycles. The molecule has 0 aromatic carbocycles. The molecule has 8 nitrogen and oxygen atoms in total. The van der Waals surface area contributed by atoms with Crippen LogP contribution in [-0.2, 0) is 14.8 Å². The van der Waals surface area contributed by atoms with Gasteiger partial charge in [0.2, 0.25) is 10.0 Å². The number of anilines is 1. The van der Waals surface area contributed by atoms with Gasteiger partial charge in [0.25, 0.3) is 5.88 Å². The highest BCUT2D eigenvalue weighted by atomic mass is 32.2. The summed E-state index contributed by atoms with van der Waals surface area (Å²) in [5, 5.41) is 0. The van der Waals surface area contributed by atoms with Crippen molar-refractivity contribution in [3.05, 3.63) is 12.4 Å². The molecule has 3 rings (SSSR count). The Kier molecular flexibility index (Phi) is 4.46. The molecule has 1 aromatic heterocycles. The van der Waals surface area contributed by atoms with Crippen molar-refractivity contribution in [1.29, 1.82) is 0 Å². The van der Waals surface area contributed by atoms with Gasteiger partial charge in [0.1, 0.15) is 6.10 Å². The third-order valence-corrected chi connectivity index (χ3v) is 5.08. The normalized spacial score (nSPS) is 23.7. The van der Waals surface area contributed by atoms with Crippen LogP contribution in [0.3, 0.4) is 0 Å². The summed E-state index contributed by atoms with van der Waals surface area (Å²) in [6.07, 6.45) is 4.91. The lowest BCUT2D eigenvalue weighted by molar-refractivity contribution is 0.121. The first-order valence-electron chi connectivity index (χ1n) is 7.29. The molecule has 0 N–H and O–H groups in total. The van der Waals surface area contributed by atoms with Crippen LogP contribution in [0.1, 0.15) is 6.42 Å². The second-order valence-electron chi connectivity index (χ2n) is 5.43. The molecule has 0 amide bonds. The maximum absolute atomic E-state index is 11.6. The van der Waals surface area contributed by atoms with E-state index in [-0.39, 0.29) is 6.10 Å². The van der Waals surface area contributed by atoms with Gasteiger partial charge in [0, 0.05) is 32.0 Å². The highest BCUT2D eigenvalue weighted by Gasteiger charge is 2.31. The number of hydrogen-bond acceptors (Lipinski definition) is 7. The monoisotopic (exact) mass is 328 g/mol. The number of aromatic nitrogens is 2. The van der Waals surface area contributed by atoms with Gasteiger partial charge >= 0.3 is 0 Å². The minimum absolute atomic E-state index is 0.189. The maximum Gasteiger partial charge on any atom is 0.257 e. The summed E-state index contributed by atoms with van der Waals surface area (Å²) in [6, 6.07) is 0. The van der Waals surface area contributed by atoms with Crippen LogP contribution in [0.4, 0.5) is 5.82 Å². The van der Waals surface area contributed by atoms with Crippen LogP contribution in [0, 0.1) is 0 Å². The molecule has 2 fully saturated rings. The lowest BCUT2D eigenvalue weighted by Gasteiger charge is -2.29. The molecular weight excluding hydrogens is 308 g/mol. The smallest absolute Gasteiger partial charge is 0.257 e. The van der Waals surface area contributed by atoms with Crippen molar-refractivity contribution in [1.82, 2.24) is 14.3 Å². The summed E-state index contributed by atoms with van der Waals surface area (Å²) in [5.41, 5.74) is 0. The minimum Gasteiger partial charge on any atom is -0.470 e. The number of ether oxygens (including phenoxy) is 2. The van der Waals surface area contributed by atoms with E-state index >= 15 is 0 Å². The van der Waals surface area contributed by atoms with Crippen LogP contribution >= 0.6 is 0 Å². The quantitative estimate of drug-likeness (QED) is 0.752. The fourth-order valence-electron chi connectivity index (χ4n) is 2.65. The standard InChI is InChI=1S/C13H20N4O4S/c1-22(18,19)17-5-2-11(10-17)21-13-12(14-3-4-15-13)16-6-8-20-9-7-16/h3-4,11H,2,5-10H2,1H3. The molecule has 1 atom stereocenters. The van der Waals surface area contributed by atoms with Crippen LogP contribution in [-0.4, -0.2) is 74.4 Å². The molecule has 1 unspecified atom stereocenters. The Labute approximate surface area is 130 Å². The van der Waals surface area contributed by atoms with Gasteiger partial charge in [-0.15, -0.1) is 0 Å². The van der Waals surface area contributed by atoms with E-state index in [0.29, 0.717) is 44.4 Å². The second kappa shape index (κ2) is 6.35. The van der Waals surface area contributed by atoms with E-state index in [1.165, 1.54) is 10.6 Å². The van der Waals surface area contributed by atoms with Crippen molar-refractivity contribution >= 4 is 15.8 Å². The third kappa shape index (κ3) is 3.47. The Morgan fingerprint density at radius 3 is 2.64 bits per heavy atom. The first-order valence-corrected chi connectivity index (χ1v) is 9.14. The SMILES string of the molecule is CS(=O)(=O)N1CCC(Oc2nccnc2N2CCOCC2)C1. The van der Waals surface area contributed by atoms with Gasteiger partial charge in [-0.05, 0) is 6.42 Å². The third-order valence-electron chi connectivity index (χ3n) is 3.81. The maximum atomic E-state index is 11.6. The van der Waals surface area contributed by atoms with Gasteiger partial charge in [0.05, 0.1) is 26.0 Å². The van der Waals surface area contributed by atoms with Gasteiger partial charge in [-0.3, -0.25) is 0 Å². The van der Waals surface area contributed by atoms with E-state index in [1.54, 1.807) is 12.4 Å². The Morgan fingerprint density at radius 1 is 1.23 bits per heavy atom. The molecule has 2 aliphatic rings. The number of sulfonamides is 1. The van der Waals surface area contributed by atoms with E-state index in [9.17, 15) is 8.42 Å². The number of hydrogen-bond donors (Lipinski definition) is 0. The largest absolute Gasteiger partial charge is 0.470 e. The van der Waals surface area contributed by atoms with Crippen molar-refractivity contribution in [2.75, 3.05) is 50.5 Å². The molecule has 2 saturated heterocycles. The van der Waals surface area contributed by atoms with Crippen LogP contribution in [0.25, 0.3) is 0 Å². The molecule has 1 aromatic rings. The first-order chi connectivity index (χ1) is 10.5. The number of morpholine rings is 1. The number of nitrogens with zero attached hydrogens (tertiary/aromatic N) is 4. The summed E-state index contributed by atoms with van der Waals surface area (Å²) in [6.45, 7) is 3.64. The van der Waals surface area contributed by atoms with Crippen LogP contribution in [0.15, 0.2) is 12.4 Å². The molecule has 0 bridgehead atoms. The summed E-state index contributed by atoms with van der Waals surface area (Å²) < 4.78 is 35.8. The fourth-order valence-corrected chi connectivity index (χ4v) is 3.52. The zero-order valence-corrected chi connectivity index (χ0v) is 13.3. The van der Waals surface area contributed by atoms with Crippen LogP contribution < -0.4 is 9.64 Å². The van der Waals surface area contributed by atoms with E-state index in [1.807, 2.05) is 0 Å². The van der Waals surface area contributed by atoms with Crippen molar-refractivity contribution in [3.8, 4) is 5.88 Å². The predicted octanol–water partition coefficient (Wildman–Crippen LogP) is -0.274. The van der Waals surface area contributed by atoms with E-state index in [2.05, 4.69) is 14.9 Å². The molecule has 0 spiro atoms. The highest BCUT2D eigenvalue weighted by molar-refractivity contribution is 7.88. The topological polar surface area (TPSA) is 84.9 Å². The zero-order chi connectivity index (χ0) is 15.6. The van der Waals surface area contributed by atoms with Gasteiger partial charge in [-0.25, -0.2) is 18.4 Å². The molecule has 0 radical (unpaired) electrons. The highest BCUT2D eigenvalue weighted by Crippen LogP contribution is 2.26. The van der Waals surface area contributed by atoms with Crippen molar-refractivity contribution in [3.63, 3.8) is 0 Å².